The van der Waals surface area contributed by atoms with E-state index in [0.717, 1.165) is 12.8 Å². The van der Waals surface area contributed by atoms with Crippen molar-refractivity contribution >= 4 is 15.8 Å². The highest BCUT2D eigenvalue weighted by Gasteiger charge is 2.31. The summed E-state index contributed by atoms with van der Waals surface area (Å²) in [5.41, 5.74) is 0. The summed E-state index contributed by atoms with van der Waals surface area (Å²) in [6, 6.07) is 0. The molecule has 5 nitrogen and oxygen atoms in total. The second-order valence-electron chi connectivity index (χ2n) is 4.16. The SMILES string of the molecule is COC1CCCC(S(=O)(=O)CCC(=O)O)C1. The largest absolute Gasteiger partial charge is 0.481 e. The van der Waals surface area contributed by atoms with E-state index in [2.05, 4.69) is 0 Å². The maximum atomic E-state index is 11.8. The Labute approximate surface area is 95.7 Å². The molecule has 0 saturated heterocycles. The molecule has 0 aromatic rings. The number of carboxylic acid groups (broad SMARTS) is 1. The molecule has 1 fully saturated rings. The van der Waals surface area contributed by atoms with E-state index in [0.29, 0.717) is 12.8 Å². The van der Waals surface area contributed by atoms with Crippen molar-refractivity contribution in [3.63, 3.8) is 0 Å². The Morgan fingerprint density at radius 2 is 2.12 bits per heavy atom. The summed E-state index contributed by atoms with van der Waals surface area (Å²) < 4.78 is 28.8. The topological polar surface area (TPSA) is 80.7 Å². The minimum atomic E-state index is -3.28. The lowest BCUT2D eigenvalue weighted by Crippen LogP contribution is -2.33. The Morgan fingerprint density at radius 3 is 2.69 bits per heavy atom. The highest BCUT2D eigenvalue weighted by molar-refractivity contribution is 7.92. The van der Waals surface area contributed by atoms with Gasteiger partial charge in [-0.1, -0.05) is 0 Å². The molecular formula is C10H18O5S. The highest BCUT2D eigenvalue weighted by atomic mass is 32.2. The van der Waals surface area contributed by atoms with E-state index < -0.39 is 21.1 Å². The van der Waals surface area contributed by atoms with E-state index in [-0.39, 0.29) is 18.3 Å². The number of methoxy groups -OCH3 is 1. The third-order valence-corrected chi connectivity index (χ3v) is 5.24. The van der Waals surface area contributed by atoms with Gasteiger partial charge in [0.15, 0.2) is 9.84 Å². The normalized spacial score (nSPS) is 26.6. The monoisotopic (exact) mass is 250 g/mol. The summed E-state index contributed by atoms with van der Waals surface area (Å²) in [5.74, 6) is -1.33. The summed E-state index contributed by atoms with van der Waals surface area (Å²) in [7, 11) is -1.70. The number of rotatable bonds is 5. The predicted molar refractivity (Wildman–Crippen MR) is 59.1 cm³/mol. The first-order chi connectivity index (χ1) is 7.45. The van der Waals surface area contributed by atoms with Crippen molar-refractivity contribution < 1.29 is 23.1 Å². The molecule has 94 valence electrons. The van der Waals surface area contributed by atoms with Gasteiger partial charge < -0.3 is 9.84 Å². The fourth-order valence-electron chi connectivity index (χ4n) is 2.04. The number of carbonyl (C=O) groups is 1. The first kappa shape index (κ1) is 13.4. The van der Waals surface area contributed by atoms with Gasteiger partial charge in [-0.25, -0.2) is 8.42 Å². The van der Waals surface area contributed by atoms with Crippen LogP contribution in [0.3, 0.4) is 0 Å². The Morgan fingerprint density at radius 1 is 1.44 bits per heavy atom. The van der Waals surface area contributed by atoms with Crippen LogP contribution in [0.4, 0.5) is 0 Å². The van der Waals surface area contributed by atoms with Crippen LogP contribution in [0.1, 0.15) is 32.1 Å². The van der Waals surface area contributed by atoms with Crippen LogP contribution in [0.2, 0.25) is 0 Å². The molecule has 1 saturated carbocycles. The van der Waals surface area contributed by atoms with Crippen molar-refractivity contribution in [2.75, 3.05) is 12.9 Å². The average molecular weight is 250 g/mol. The van der Waals surface area contributed by atoms with Crippen LogP contribution in [0.25, 0.3) is 0 Å². The summed E-state index contributed by atoms with van der Waals surface area (Å²) in [6.45, 7) is 0. The molecule has 6 heteroatoms. The number of aliphatic carboxylic acids is 1. The van der Waals surface area contributed by atoms with Gasteiger partial charge in [0, 0.05) is 7.11 Å². The minimum absolute atomic E-state index is 0.00152. The lowest BCUT2D eigenvalue weighted by molar-refractivity contribution is -0.136. The van der Waals surface area contributed by atoms with Crippen molar-refractivity contribution in [3.05, 3.63) is 0 Å². The third-order valence-electron chi connectivity index (χ3n) is 3.02. The molecule has 1 rings (SSSR count). The number of sulfone groups is 1. The predicted octanol–water partition coefficient (Wildman–Crippen LogP) is 0.834. The van der Waals surface area contributed by atoms with Crippen LogP contribution in [0.5, 0.6) is 0 Å². The Hall–Kier alpha value is -0.620. The van der Waals surface area contributed by atoms with Gasteiger partial charge in [0.1, 0.15) is 0 Å². The summed E-state index contributed by atoms with van der Waals surface area (Å²) >= 11 is 0. The van der Waals surface area contributed by atoms with Crippen LogP contribution >= 0.6 is 0 Å². The zero-order chi connectivity index (χ0) is 12.2. The van der Waals surface area contributed by atoms with Gasteiger partial charge in [-0.05, 0) is 25.7 Å². The molecule has 0 radical (unpaired) electrons. The average Bonchev–Trinajstić information content (AvgIpc) is 2.27. The molecule has 16 heavy (non-hydrogen) atoms. The maximum Gasteiger partial charge on any atom is 0.304 e. The third kappa shape index (κ3) is 3.75. The summed E-state index contributed by atoms with van der Waals surface area (Å²) in [4.78, 5) is 10.4. The van der Waals surface area contributed by atoms with Crippen molar-refractivity contribution in [1.82, 2.24) is 0 Å². The number of carboxylic acids is 1. The quantitative estimate of drug-likeness (QED) is 0.781. The second kappa shape index (κ2) is 5.63. The maximum absolute atomic E-state index is 11.8. The van der Waals surface area contributed by atoms with Gasteiger partial charge in [-0.15, -0.1) is 0 Å². The second-order valence-corrected chi connectivity index (χ2v) is 6.56. The van der Waals surface area contributed by atoms with Gasteiger partial charge in [-0.3, -0.25) is 4.79 Å². The van der Waals surface area contributed by atoms with Crippen molar-refractivity contribution in [1.29, 1.82) is 0 Å². The summed E-state index contributed by atoms with van der Waals surface area (Å²) in [6.07, 6.45) is 2.53. The Kier molecular flexibility index (Phi) is 4.73. The minimum Gasteiger partial charge on any atom is -0.481 e. The van der Waals surface area contributed by atoms with E-state index in [1.165, 1.54) is 0 Å². The molecule has 0 bridgehead atoms. The number of hydrogen-bond donors (Lipinski definition) is 1. The van der Waals surface area contributed by atoms with E-state index in [1.807, 2.05) is 0 Å². The molecule has 1 N–H and O–H groups in total. The Bertz CT molecular complexity index is 335. The standard InChI is InChI=1S/C10H18O5S/c1-15-8-3-2-4-9(7-8)16(13,14)6-5-10(11)12/h8-9H,2-7H2,1H3,(H,11,12). The van der Waals surface area contributed by atoms with Crippen LogP contribution in [-0.4, -0.2) is 43.7 Å². The van der Waals surface area contributed by atoms with Crippen molar-refractivity contribution in [3.8, 4) is 0 Å². The van der Waals surface area contributed by atoms with Crippen LogP contribution in [0, 0.1) is 0 Å². The van der Waals surface area contributed by atoms with Gasteiger partial charge in [-0.2, -0.15) is 0 Å². The fourth-order valence-corrected chi connectivity index (χ4v) is 3.86. The highest BCUT2D eigenvalue weighted by Crippen LogP contribution is 2.26. The molecule has 2 unspecified atom stereocenters. The first-order valence-electron chi connectivity index (χ1n) is 5.42. The van der Waals surface area contributed by atoms with E-state index >= 15 is 0 Å². The molecule has 0 aliphatic heterocycles. The zero-order valence-corrected chi connectivity index (χ0v) is 10.2. The van der Waals surface area contributed by atoms with Gasteiger partial charge >= 0.3 is 5.97 Å². The van der Waals surface area contributed by atoms with Crippen molar-refractivity contribution in [2.45, 2.75) is 43.5 Å². The van der Waals surface area contributed by atoms with E-state index in [1.54, 1.807) is 7.11 Å². The first-order valence-corrected chi connectivity index (χ1v) is 7.13. The van der Waals surface area contributed by atoms with Gasteiger partial charge in [0.25, 0.3) is 0 Å². The van der Waals surface area contributed by atoms with Crippen LogP contribution < -0.4 is 0 Å². The van der Waals surface area contributed by atoms with Crippen LogP contribution in [0.15, 0.2) is 0 Å². The molecule has 0 amide bonds. The molecule has 0 aromatic carbocycles. The molecular weight excluding hydrogens is 232 g/mol. The molecule has 0 aromatic heterocycles. The number of ether oxygens (including phenoxy) is 1. The lowest BCUT2D eigenvalue weighted by atomic mass is 9.97. The van der Waals surface area contributed by atoms with E-state index in [4.69, 9.17) is 9.84 Å². The molecule has 2 atom stereocenters. The molecule has 0 spiro atoms. The molecule has 1 aliphatic rings. The molecule has 0 heterocycles. The zero-order valence-electron chi connectivity index (χ0n) is 9.39. The van der Waals surface area contributed by atoms with Gasteiger partial charge in [0.2, 0.25) is 0 Å². The fraction of sp³-hybridized carbons (Fsp3) is 0.900. The van der Waals surface area contributed by atoms with Gasteiger partial charge in [0.05, 0.1) is 23.5 Å². The number of hydrogen-bond acceptors (Lipinski definition) is 4. The Balaban J connectivity index is 2.57. The van der Waals surface area contributed by atoms with E-state index in [9.17, 15) is 13.2 Å². The summed E-state index contributed by atoms with van der Waals surface area (Å²) in [5, 5.41) is 8.06. The van der Waals surface area contributed by atoms with Crippen molar-refractivity contribution in [2.24, 2.45) is 0 Å². The smallest absolute Gasteiger partial charge is 0.304 e. The lowest BCUT2D eigenvalue weighted by Gasteiger charge is -2.27. The molecule has 1 aliphatic carbocycles. The van der Waals surface area contributed by atoms with Crippen LogP contribution in [-0.2, 0) is 19.4 Å².